The molecule has 0 saturated carbocycles. The summed E-state index contributed by atoms with van der Waals surface area (Å²) in [6.07, 6.45) is 0. The van der Waals surface area contributed by atoms with Crippen molar-refractivity contribution < 1.29 is 14.3 Å². The molecule has 0 aliphatic rings. The van der Waals surface area contributed by atoms with Gasteiger partial charge in [0.1, 0.15) is 6.61 Å². The fourth-order valence-electron chi connectivity index (χ4n) is 2.73. The Labute approximate surface area is 199 Å². The standard InChI is InChI=1S/C23H20Cl2INO3/c1-3-29-21-11-16(23(28)27-20-12-17(24)8-9-18(20)25)10-19(26)22(21)30-13-15-6-4-14(2)5-7-15/h4-12H,3,13H2,1-2H3,(H,27,28). The van der Waals surface area contributed by atoms with Crippen LogP contribution in [0.5, 0.6) is 11.5 Å². The third-order valence-electron chi connectivity index (χ3n) is 4.25. The predicted molar refractivity (Wildman–Crippen MR) is 130 cm³/mol. The molecule has 3 aromatic rings. The molecule has 0 aliphatic carbocycles. The van der Waals surface area contributed by atoms with E-state index in [1.54, 1.807) is 30.3 Å². The summed E-state index contributed by atoms with van der Waals surface area (Å²) >= 11 is 14.3. The molecule has 0 heterocycles. The number of rotatable bonds is 7. The number of benzene rings is 3. The topological polar surface area (TPSA) is 47.6 Å². The zero-order chi connectivity index (χ0) is 21.7. The summed E-state index contributed by atoms with van der Waals surface area (Å²) < 4.78 is 12.6. The number of anilines is 1. The van der Waals surface area contributed by atoms with Gasteiger partial charge in [-0.15, -0.1) is 0 Å². The minimum absolute atomic E-state index is 0.317. The van der Waals surface area contributed by atoms with Crippen molar-refractivity contribution in [1.82, 2.24) is 0 Å². The second kappa shape index (κ2) is 10.4. The van der Waals surface area contributed by atoms with Crippen LogP contribution in [0.25, 0.3) is 0 Å². The maximum absolute atomic E-state index is 12.8. The Morgan fingerprint density at radius 1 is 1.03 bits per heavy atom. The van der Waals surface area contributed by atoms with E-state index >= 15 is 0 Å². The molecule has 0 aliphatic heterocycles. The lowest BCUT2D eigenvalue weighted by Gasteiger charge is -2.16. The van der Waals surface area contributed by atoms with Crippen molar-refractivity contribution in [2.45, 2.75) is 20.5 Å². The van der Waals surface area contributed by atoms with E-state index in [1.165, 1.54) is 5.56 Å². The fraction of sp³-hybridized carbons (Fsp3) is 0.174. The largest absolute Gasteiger partial charge is 0.490 e. The number of carbonyl (C=O) groups excluding carboxylic acids is 1. The molecule has 1 N–H and O–H groups in total. The highest BCUT2D eigenvalue weighted by molar-refractivity contribution is 14.1. The van der Waals surface area contributed by atoms with Crippen molar-refractivity contribution in [1.29, 1.82) is 0 Å². The second-order valence-electron chi connectivity index (χ2n) is 6.57. The molecule has 7 heteroatoms. The van der Waals surface area contributed by atoms with Crippen LogP contribution in [0.3, 0.4) is 0 Å². The number of nitrogens with one attached hydrogen (secondary N) is 1. The summed E-state index contributed by atoms with van der Waals surface area (Å²) in [5, 5.41) is 3.68. The molecule has 0 saturated heterocycles. The van der Waals surface area contributed by atoms with Crippen molar-refractivity contribution in [2.24, 2.45) is 0 Å². The van der Waals surface area contributed by atoms with Crippen molar-refractivity contribution in [2.75, 3.05) is 11.9 Å². The Hall–Kier alpha value is -1.96. The molecule has 156 valence electrons. The summed E-state index contributed by atoms with van der Waals surface area (Å²) in [4.78, 5) is 12.8. The number of hydrogen-bond acceptors (Lipinski definition) is 3. The number of amides is 1. The molecule has 30 heavy (non-hydrogen) atoms. The third-order valence-corrected chi connectivity index (χ3v) is 5.62. The van der Waals surface area contributed by atoms with Crippen LogP contribution in [0.2, 0.25) is 10.0 Å². The number of ether oxygens (including phenoxy) is 2. The van der Waals surface area contributed by atoms with E-state index in [9.17, 15) is 4.79 Å². The van der Waals surface area contributed by atoms with Crippen LogP contribution in [0, 0.1) is 10.5 Å². The van der Waals surface area contributed by atoms with E-state index in [4.69, 9.17) is 32.7 Å². The molecule has 0 atom stereocenters. The molecular formula is C23H20Cl2INO3. The van der Waals surface area contributed by atoms with Crippen LogP contribution in [0.1, 0.15) is 28.4 Å². The van der Waals surface area contributed by atoms with Gasteiger partial charge < -0.3 is 14.8 Å². The van der Waals surface area contributed by atoms with Gasteiger partial charge in [-0.2, -0.15) is 0 Å². The van der Waals surface area contributed by atoms with Crippen molar-refractivity contribution in [3.63, 3.8) is 0 Å². The summed E-state index contributed by atoms with van der Waals surface area (Å²) in [5.41, 5.74) is 3.12. The molecule has 3 rings (SSSR count). The van der Waals surface area contributed by atoms with E-state index < -0.39 is 0 Å². The number of hydrogen-bond donors (Lipinski definition) is 1. The number of carbonyl (C=O) groups is 1. The molecule has 1 amide bonds. The smallest absolute Gasteiger partial charge is 0.255 e. The van der Waals surface area contributed by atoms with Gasteiger partial charge in [0.25, 0.3) is 5.91 Å². The van der Waals surface area contributed by atoms with Gasteiger partial charge in [-0.25, -0.2) is 0 Å². The van der Waals surface area contributed by atoms with Crippen LogP contribution in [0.4, 0.5) is 5.69 Å². The van der Waals surface area contributed by atoms with Gasteiger partial charge in [0.05, 0.1) is 20.9 Å². The van der Waals surface area contributed by atoms with Gasteiger partial charge in [-0.1, -0.05) is 53.0 Å². The lowest BCUT2D eigenvalue weighted by Crippen LogP contribution is -2.13. The molecule has 3 aromatic carbocycles. The highest BCUT2D eigenvalue weighted by atomic mass is 127. The van der Waals surface area contributed by atoms with E-state index in [0.717, 1.165) is 9.13 Å². The lowest BCUT2D eigenvalue weighted by molar-refractivity contribution is 0.102. The number of halogens is 3. The Morgan fingerprint density at radius 3 is 2.47 bits per heavy atom. The SMILES string of the molecule is CCOc1cc(C(=O)Nc2cc(Cl)ccc2Cl)cc(I)c1OCc1ccc(C)cc1. The Balaban J connectivity index is 1.83. The highest BCUT2D eigenvalue weighted by Crippen LogP contribution is 2.35. The van der Waals surface area contributed by atoms with Crippen LogP contribution in [-0.4, -0.2) is 12.5 Å². The maximum Gasteiger partial charge on any atom is 0.255 e. The first kappa shape index (κ1) is 22.7. The quantitative estimate of drug-likeness (QED) is 0.315. The molecule has 0 spiro atoms. The normalized spacial score (nSPS) is 10.6. The zero-order valence-electron chi connectivity index (χ0n) is 16.5. The Morgan fingerprint density at radius 2 is 1.77 bits per heavy atom. The second-order valence-corrected chi connectivity index (χ2v) is 8.58. The minimum atomic E-state index is -0.317. The Kier molecular flexibility index (Phi) is 7.86. The van der Waals surface area contributed by atoms with Gasteiger partial charge in [-0.3, -0.25) is 4.79 Å². The van der Waals surface area contributed by atoms with Crippen LogP contribution in [0.15, 0.2) is 54.6 Å². The fourth-order valence-corrected chi connectivity index (χ4v) is 3.82. The lowest BCUT2D eigenvalue weighted by atomic mass is 10.1. The molecule has 0 radical (unpaired) electrons. The molecule has 0 fully saturated rings. The summed E-state index contributed by atoms with van der Waals surface area (Å²) in [7, 11) is 0. The van der Waals surface area contributed by atoms with E-state index in [-0.39, 0.29) is 5.91 Å². The van der Waals surface area contributed by atoms with Crippen molar-refractivity contribution >= 4 is 57.4 Å². The van der Waals surface area contributed by atoms with Crippen LogP contribution >= 0.6 is 45.8 Å². The monoisotopic (exact) mass is 555 g/mol. The van der Waals surface area contributed by atoms with Crippen molar-refractivity contribution in [3.05, 3.63) is 84.9 Å². The summed E-state index contributed by atoms with van der Waals surface area (Å²) in [6, 6.07) is 16.5. The van der Waals surface area contributed by atoms with Gasteiger partial charge >= 0.3 is 0 Å². The van der Waals surface area contributed by atoms with Crippen LogP contribution in [-0.2, 0) is 6.61 Å². The summed E-state index contributed by atoms with van der Waals surface area (Å²) in [5.74, 6) is 0.803. The van der Waals surface area contributed by atoms with Gasteiger partial charge in [0.15, 0.2) is 11.5 Å². The van der Waals surface area contributed by atoms with Gasteiger partial charge in [0, 0.05) is 10.6 Å². The zero-order valence-corrected chi connectivity index (χ0v) is 20.1. The number of aryl methyl sites for hydroxylation is 1. The average Bonchev–Trinajstić information content (AvgIpc) is 2.71. The molecule has 0 aromatic heterocycles. The van der Waals surface area contributed by atoms with E-state index in [0.29, 0.717) is 46.0 Å². The van der Waals surface area contributed by atoms with Crippen LogP contribution < -0.4 is 14.8 Å². The molecule has 0 unspecified atom stereocenters. The molecule has 0 bridgehead atoms. The molecule has 4 nitrogen and oxygen atoms in total. The highest BCUT2D eigenvalue weighted by Gasteiger charge is 2.17. The van der Waals surface area contributed by atoms with E-state index in [2.05, 4.69) is 27.9 Å². The first-order valence-electron chi connectivity index (χ1n) is 9.28. The maximum atomic E-state index is 12.8. The average molecular weight is 556 g/mol. The first-order chi connectivity index (χ1) is 14.4. The van der Waals surface area contributed by atoms with Gasteiger partial charge in [0.2, 0.25) is 0 Å². The van der Waals surface area contributed by atoms with Gasteiger partial charge in [-0.05, 0) is 72.3 Å². The predicted octanol–water partition coefficient (Wildman–Crippen LogP) is 7.14. The minimum Gasteiger partial charge on any atom is -0.490 e. The molecular weight excluding hydrogens is 536 g/mol. The third kappa shape index (κ3) is 5.80. The first-order valence-corrected chi connectivity index (χ1v) is 11.1. The van der Waals surface area contributed by atoms with Crippen molar-refractivity contribution in [3.8, 4) is 11.5 Å². The van der Waals surface area contributed by atoms with E-state index in [1.807, 2.05) is 38.1 Å². The Bertz CT molecular complexity index is 1060. The summed E-state index contributed by atoms with van der Waals surface area (Å²) in [6.45, 7) is 4.78.